The maximum atomic E-state index is 11.6. The summed E-state index contributed by atoms with van der Waals surface area (Å²) in [6.45, 7) is 3.60. The number of carbonyl (C=O) groups excluding carboxylic acids is 1. The van der Waals surface area contributed by atoms with E-state index in [9.17, 15) is 4.79 Å². The number of nitrogens with one attached hydrogen (secondary N) is 1. The summed E-state index contributed by atoms with van der Waals surface area (Å²) < 4.78 is 5.10. The normalized spacial score (nSPS) is 10.6. The zero-order valence-electron chi connectivity index (χ0n) is 10.6. The van der Waals surface area contributed by atoms with Crippen molar-refractivity contribution < 1.29 is 9.53 Å². The molecular formula is C13H17N3O2. The first-order valence-corrected chi connectivity index (χ1v) is 5.59. The molecule has 1 amide bonds. The van der Waals surface area contributed by atoms with E-state index in [2.05, 4.69) is 5.32 Å². The van der Waals surface area contributed by atoms with E-state index in [-0.39, 0.29) is 18.9 Å². The number of amides is 1. The van der Waals surface area contributed by atoms with E-state index in [1.165, 1.54) is 0 Å². The monoisotopic (exact) mass is 247 g/mol. The van der Waals surface area contributed by atoms with Gasteiger partial charge in [-0.25, -0.2) is 0 Å². The molecule has 0 saturated heterocycles. The highest BCUT2D eigenvalue weighted by molar-refractivity contribution is 5.91. The Morgan fingerprint density at radius 1 is 1.44 bits per heavy atom. The van der Waals surface area contributed by atoms with Gasteiger partial charge in [0.15, 0.2) is 6.61 Å². The van der Waals surface area contributed by atoms with Crippen LogP contribution in [0.4, 0.5) is 5.69 Å². The molecule has 0 aliphatic heterocycles. The number of benzene rings is 1. The fourth-order valence-electron chi connectivity index (χ4n) is 1.37. The highest BCUT2D eigenvalue weighted by Crippen LogP contribution is 2.16. The van der Waals surface area contributed by atoms with Crippen molar-refractivity contribution in [3.63, 3.8) is 0 Å². The Morgan fingerprint density at radius 2 is 2.06 bits per heavy atom. The van der Waals surface area contributed by atoms with E-state index in [4.69, 9.17) is 15.7 Å². The first-order chi connectivity index (χ1) is 8.40. The van der Waals surface area contributed by atoms with Gasteiger partial charge in [-0.1, -0.05) is 0 Å². The van der Waals surface area contributed by atoms with Crippen LogP contribution < -0.4 is 15.8 Å². The van der Waals surface area contributed by atoms with Crippen LogP contribution in [0.2, 0.25) is 0 Å². The van der Waals surface area contributed by atoms with Crippen molar-refractivity contribution in [2.24, 2.45) is 5.73 Å². The van der Waals surface area contributed by atoms with Crippen molar-refractivity contribution in [2.45, 2.75) is 25.8 Å². The van der Waals surface area contributed by atoms with Gasteiger partial charge < -0.3 is 15.8 Å². The summed E-state index contributed by atoms with van der Waals surface area (Å²) in [4.78, 5) is 11.6. The lowest BCUT2D eigenvalue weighted by Crippen LogP contribution is -2.36. The van der Waals surface area contributed by atoms with E-state index in [1.54, 1.807) is 38.1 Å². The van der Waals surface area contributed by atoms with Crippen LogP contribution in [-0.2, 0) is 4.79 Å². The number of anilines is 1. The molecule has 0 fully saturated rings. The molecule has 0 radical (unpaired) electrons. The van der Waals surface area contributed by atoms with Crippen molar-refractivity contribution >= 4 is 11.6 Å². The molecule has 0 bridgehead atoms. The second-order valence-electron chi connectivity index (χ2n) is 4.68. The molecule has 0 aromatic heterocycles. The summed E-state index contributed by atoms with van der Waals surface area (Å²) >= 11 is 0. The topological polar surface area (TPSA) is 88.1 Å². The van der Waals surface area contributed by atoms with Crippen LogP contribution in [-0.4, -0.2) is 18.1 Å². The number of nitrogens with two attached hydrogens (primary N) is 1. The van der Waals surface area contributed by atoms with E-state index in [1.807, 2.05) is 6.07 Å². The van der Waals surface area contributed by atoms with Gasteiger partial charge in [-0.2, -0.15) is 5.26 Å². The van der Waals surface area contributed by atoms with Crippen LogP contribution in [0.25, 0.3) is 0 Å². The van der Waals surface area contributed by atoms with Crippen molar-refractivity contribution in [1.82, 2.24) is 0 Å². The summed E-state index contributed by atoms with van der Waals surface area (Å²) in [6.07, 6.45) is 0.250. The summed E-state index contributed by atoms with van der Waals surface area (Å²) in [6, 6.07) is 8.71. The Labute approximate surface area is 107 Å². The Kier molecular flexibility index (Phi) is 4.69. The third-order valence-corrected chi connectivity index (χ3v) is 2.06. The Morgan fingerprint density at radius 3 is 2.56 bits per heavy atom. The summed E-state index contributed by atoms with van der Waals surface area (Å²) in [5.41, 5.74) is 5.90. The second-order valence-corrected chi connectivity index (χ2v) is 4.68. The molecule has 0 heterocycles. The number of rotatable bonds is 5. The quantitative estimate of drug-likeness (QED) is 0.828. The van der Waals surface area contributed by atoms with Crippen LogP contribution in [0.3, 0.4) is 0 Å². The van der Waals surface area contributed by atoms with Gasteiger partial charge in [0.1, 0.15) is 11.8 Å². The summed E-state index contributed by atoms with van der Waals surface area (Å²) in [5, 5.41) is 11.1. The second kappa shape index (κ2) is 6.03. The molecule has 0 aliphatic rings. The molecule has 5 nitrogen and oxygen atoms in total. The maximum Gasteiger partial charge on any atom is 0.226 e. The predicted molar refractivity (Wildman–Crippen MR) is 69.1 cm³/mol. The molecule has 1 aromatic rings. The van der Waals surface area contributed by atoms with Crippen LogP contribution in [0.5, 0.6) is 5.75 Å². The fraction of sp³-hybridized carbons (Fsp3) is 0.385. The van der Waals surface area contributed by atoms with Crippen LogP contribution in [0.1, 0.15) is 20.3 Å². The Balaban J connectivity index is 2.54. The summed E-state index contributed by atoms with van der Waals surface area (Å²) in [5.74, 6) is 0.460. The Hall–Kier alpha value is -2.06. The van der Waals surface area contributed by atoms with Gasteiger partial charge in [0.2, 0.25) is 5.91 Å². The third-order valence-electron chi connectivity index (χ3n) is 2.06. The van der Waals surface area contributed by atoms with Crippen molar-refractivity contribution in [3.8, 4) is 11.8 Å². The lowest BCUT2D eigenvalue weighted by Gasteiger charge is -2.17. The molecule has 0 atom stereocenters. The van der Waals surface area contributed by atoms with Gasteiger partial charge in [0.25, 0.3) is 0 Å². The van der Waals surface area contributed by atoms with Crippen LogP contribution >= 0.6 is 0 Å². The Bertz CT molecular complexity index is 441. The molecule has 5 heteroatoms. The lowest BCUT2D eigenvalue weighted by atomic mass is 10.0. The first kappa shape index (κ1) is 14.0. The maximum absolute atomic E-state index is 11.6. The SMILES string of the molecule is CC(C)(N)CC(=O)Nc1ccc(OCC#N)cc1. The number of carbonyl (C=O) groups is 1. The van der Waals surface area contributed by atoms with Gasteiger partial charge in [0.05, 0.1) is 0 Å². The van der Waals surface area contributed by atoms with Crippen LogP contribution in [0, 0.1) is 11.3 Å². The summed E-state index contributed by atoms with van der Waals surface area (Å²) in [7, 11) is 0. The van der Waals surface area contributed by atoms with Crippen molar-refractivity contribution in [1.29, 1.82) is 5.26 Å². The van der Waals surface area contributed by atoms with Crippen molar-refractivity contribution in [2.75, 3.05) is 11.9 Å². The molecule has 18 heavy (non-hydrogen) atoms. The molecule has 1 aromatic carbocycles. The lowest BCUT2D eigenvalue weighted by molar-refractivity contribution is -0.117. The molecule has 3 N–H and O–H groups in total. The van der Waals surface area contributed by atoms with E-state index in [0.717, 1.165) is 0 Å². The number of hydrogen-bond acceptors (Lipinski definition) is 4. The van der Waals surface area contributed by atoms with E-state index >= 15 is 0 Å². The predicted octanol–water partition coefficient (Wildman–Crippen LogP) is 1.65. The van der Waals surface area contributed by atoms with Crippen LogP contribution in [0.15, 0.2) is 24.3 Å². The molecular weight excluding hydrogens is 230 g/mol. The van der Waals surface area contributed by atoms with Gasteiger partial charge in [-0.3, -0.25) is 4.79 Å². The fourth-order valence-corrected chi connectivity index (χ4v) is 1.37. The van der Waals surface area contributed by atoms with Gasteiger partial charge in [-0.05, 0) is 38.1 Å². The highest BCUT2D eigenvalue weighted by Gasteiger charge is 2.16. The molecule has 96 valence electrons. The van der Waals surface area contributed by atoms with Gasteiger partial charge in [-0.15, -0.1) is 0 Å². The molecule has 0 saturated carbocycles. The minimum absolute atomic E-state index is 0.00701. The average Bonchev–Trinajstić information content (AvgIpc) is 2.25. The number of nitriles is 1. The van der Waals surface area contributed by atoms with E-state index in [0.29, 0.717) is 11.4 Å². The minimum Gasteiger partial charge on any atom is -0.479 e. The highest BCUT2D eigenvalue weighted by atomic mass is 16.5. The largest absolute Gasteiger partial charge is 0.479 e. The molecule has 0 unspecified atom stereocenters. The molecule has 1 rings (SSSR count). The first-order valence-electron chi connectivity index (χ1n) is 5.59. The van der Waals surface area contributed by atoms with Gasteiger partial charge >= 0.3 is 0 Å². The zero-order chi connectivity index (χ0) is 13.6. The molecule has 0 spiro atoms. The smallest absolute Gasteiger partial charge is 0.226 e. The number of hydrogen-bond donors (Lipinski definition) is 2. The third kappa shape index (κ3) is 5.32. The zero-order valence-corrected chi connectivity index (χ0v) is 10.6. The minimum atomic E-state index is -0.528. The molecule has 0 aliphatic carbocycles. The van der Waals surface area contributed by atoms with E-state index < -0.39 is 5.54 Å². The number of ether oxygens (including phenoxy) is 1. The number of nitrogens with zero attached hydrogens (tertiary/aromatic N) is 1. The average molecular weight is 247 g/mol. The van der Waals surface area contributed by atoms with Gasteiger partial charge in [0, 0.05) is 17.6 Å². The standard InChI is InChI=1S/C13H17N3O2/c1-13(2,15)9-12(17)16-10-3-5-11(6-4-10)18-8-7-14/h3-6H,8-9,15H2,1-2H3,(H,16,17). The van der Waals surface area contributed by atoms with Crippen molar-refractivity contribution in [3.05, 3.63) is 24.3 Å².